The van der Waals surface area contributed by atoms with Crippen molar-refractivity contribution in [1.29, 1.82) is 0 Å². The van der Waals surface area contributed by atoms with E-state index in [4.69, 9.17) is 4.74 Å². The van der Waals surface area contributed by atoms with Crippen LogP contribution < -0.4 is 9.75 Å². The van der Waals surface area contributed by atoms with Gasteiger partial charge in [0, 0.05) is 18.9 Å². The van der Waals surface area contributed by atoms with Gasteiger partial charge in [-0.2, -0.15) is 10.1 Å². The minimum atomic E-state index is -3.00. The van der Waals surface area contributed by atoms with Gasteiger partial charge in [0.25, 0.3) is 11.8 Å². The number of rotatable bonds is 7. The highest BCUT2D eigenvalue weighted by Crippen LogP contribution is 2.30. The number of alkyl halides is 2. The summed E-state index contributed by atoms with van der Waals surface area (Å²) < 4.78 is 33.3. The average molecular weight is 455 g/mol. The van der Waals surface area contributed by atoms with Gasteiger partial charge in [-0.25, -0.2) is 8.78 Å². The van der Waals surface area contributed by atoms with E-state index in [1.807, 2.05) is 12.1 Å². The van der Waals surface area contributed by atoms with Gasteiger partial charge in [-0.05, 0) is 68.5 Å². The van der Waals surface area contributed by atoms with E-state index in [-0.39, 0.29) is 23.9 Å². The molecular weight excluding hydrogens is 426 g/mol. The molecule has 174 valence electrons. The number of hydrogen-bond donors (Lipinski definition) is 0. The summed E-state index contributed by atoms with van der Waals surface area (Å²) in [5.41, 5.74) is 1.23. The van der Waals surface area contributed by atoms with Crippen molar-refractivity contribution < 1.29 is 23.1 Å². The summed E-state index contributed by atoms with van der Waals surface area (Å²) in [7, 11) is 0. The second kappa shape index (κ2) is 9.41. The van der Waals surface area contributed by atoms with Gasteiger partial charge in [0.2, 0.25) is 0 Å². The summed E-state index contributed by atoms with van der Waals surface area (Å²) in [5, 5.41) is 5.54. The Bertz CT molecular complexity index is 1050. The van der Waals surface area contributed by atoms with Crippen LogP contribution in [0, 0.1) is 5.92 Å². The highest BCUT2D eigenvalue weighted by Gasteiger charge is 2.39. The van der Waals surface area contributed by atoms with Crippen molar-refractivity contribution in [3.63, 3.8) is 0 Å². The third-order valence-electron chi connectivity index (χ3n) is 6.20. The number of halogens is 2. The number of ether oxygens (including phenoxy) is 1. The predicted molar refractivity (Wildman–Crippen MR) is 123 cm³/mol. The molecule has 7 heteroatoms. The molecule has 1 aliphatic carbocycles. The molecule has 0 saturated heterocycles. The summed E-state index contributed by atoms with van der Waals surface area (Å²) in [6.45, 7) is 2.45. The van der Waals surface area contributed by atoms with Crippen molar-refractivity contribution in [3.05, 3.63) is 59.7 Å². The Kier molecular flexibility index (Phi) is 6.58. The average Bonchev–Trinajstić information content (AvgIpc) is 3.08. The van der Waals surface area contributed by atoms with Crippen molar-refractivity contribution in [1.82, 2.24) is 0 Å². The Hall–Kier alpha value is -3.09. The van der Waals surface area contributed by atoms with Crippen LogP contribution in [-0.4, -0.2) is 23.5 Å². The monoisotopic (exact) mass is 454 g/mol. The van der Waals surface area contributed by atoms with E-state index in [1.165, 1.54) is 42.5 Å². The van der Waals surface area contributed by atoms with Gasteiger partial charge in [0.15, 0.2) is 5.78 Å². The number of ketones is 1. The fraction of sp³-hybridized carbons (Fsp3) is 0.423. The number of amides is 1. The Morgan fingerprint density at radius 2 is 1.82 bits per heavy atom. The summed E-state index contributed by atoms with van der Waals surface area (Å²) in [6.07, 6.45) is 5.83. The molecule has 33 heavy (non-hydrogen) atoms. The van der Waals surface area contributed by atoms with E-state index in [0.29, 0.717) is 17.0 Å². The first-order valence-corrected chi connectivity index (χ1v) is 11.4. The third-order valence-corrected chi connectivity index (χ3v) is 6.20. The molecule has 0 spiro atoms. The molecule has 0 radical (unpaired) electrons. The Labute approximate surface area is 192 Å². The van der Waals surface area contributed by atoms with E-state index in [9.17, 15) is 18.4 Å². The lowest BCUT2D eigenvalue weighted by Gasteiger charge is -2.23. The molecule has 2 aliphatic rings. The molecule has 2 aromatic carbocycles. The Morgan fingerprint density at radius 1 is 1.12 bits per heavy atom. The zero-order chi connectivity index (χ0) is 23.6. The number of carbonyl (C=O) groups is 2. The number of benzene rings is 2. The topological polar surface area (TPSA) is 59.0 Å². The lowest BCUT2D eigenvalue weighted by atomic mass is 9.93. The van der Waals surface area contributed by atoms with Crippen molar-refractivity contribution in [2.24, 2.45) is 11.0 Å². The van der Waals surface area contributed by atoms with Crippen LogP contribution in [0.5, 0.6) is 5.75 Å². The van der Waals surface area contributed by atoms with Gasteiger partial charge < -0.3 is 4.74 Å². The third kappa shape index (κ3) is 5.29. The van der Waals surface area contributed by atoms with E-state index >= 15 is 0 Å². The number of nitrogens with zero attached hydrogens (tertiary/aromatic N) is 2. The van der Waals surface area contributed by atoms with Crippen molar-refractivity contribution in [2.75, 3.05) is 5.01 Å². The second-order valence-corrected chi connectivity index (χ2v) is 8.93. The molecule has 0 N–H and O–H groups in total. The molecule has 1 aliphatic heterocycles. The molecule has 1 heterocycles. The van der Waals surface area contributed by atoms with Gasteiger partial charge in [-0.15, -0.1) is 0 Å². The van der Waals surface area contributed by atoms with Gasteiger partial charge in [0.05, 0.1) is 17.5 Å². The van der Waals surface area contributed by atoms with E-state index in [1.54, 1.807) is 25.1 Å². The molecule has 1 saturated carbocycles. The first kappa shape index (κ1) is 23.1. The van der Waals surface area contributed by atoms with E-state index in [0.717, 1.165) is 25.5 Å². The van der Waals surface area contributed by atoms with Crippen molar-refractivity contribution in [3.8, 4) is 5.75 Å². The molecule has 5 nitrogen and oxygen atoms in total. The minimum Gasteiger partial charge on any atom is -0.490 e. The molecular formula is C26H28F2N2O3. The largest absolute Gasteiger partial charge is 0.490 e. The first-order chi connectivity index (χ1) is 15.7. The van der Waals surface area contributed by atoms with E-state index in [2.05, 4.69) is 5.10 Å². The molecule has 1 amide bonds. The Morgan fingerprint density at radius 3 is 2.48 bits per heavy atom. The Balaban J connectivity index is 1.43. The smallest absolute Gasteiger partial charge is 0.270 e. The summed E-state index contributed by atoms with van der Waals surface area (Å²) in [4.78, 5) is 25.9. The van der Waals surface area contributed by atoms with E-state index < -0.39 is 17.7 Å². The van der Waals surface area contributed by atoms with Crippen LogP contribution in [-0.2, 0) is 21.9 Å². The van der Waals surface area contributed by atoms with Crippen LogP contribution >= 0.6 is 0 Å². The van der Waals surface area contributed by atoms with Gasteiger partial charge in [0.1, 0.15) is 11.7 Å². The summed E-state index contributed by atoms with van der Waals surface area (Å²) in [6, 6.07) is 12.9. The molecule has 2 aromatic rings. The number of hydrazone groups is 1. The quantitative estimate of drug-likeness (QED) is 0.507. The number of hydrogen-bond acceptors (Lipinski definition) is 4. The van der Waals surface area contributed by atoms with Crippen LogP contribution in [0.1, 0.15) is 57.1 Å². The summed E-state index contributed by atoms with van der Waals surface area (Å²) in [5.74, 6) is -4.07. The van der Waals surface area contributed by atoms with Crippen LogP contribution in [0.4, 0.5) is 14.5 Å². The fourth-order valence-corrected chi connectivity index (χ4v) is 4.42. The highest BCUT2D eigenvalue weighted by atomic mass is 19.3. The highest BCUT2D eigenvalue weighted by molar-refractivity contribution is 6.27. The van der Waals surface area contributed by atoms with Crippen LogP contribution in [0.3, 0.4) is 0 Å². The molecule has 0 bridgehead atoms. The van der Waals surface area contributed by atoms with Crippen molar-refractivity contribution >= 4 is 23.1 Å². The zero-order valence-electron chi connectivity index (χ0n) is 18.9. The maximum atomic E-state index is 13.6. The predicted octanol–water partition coefficient (Wildman–Crippen LogP) is 5.66. The molecule has 1 atom stereocenters. The zero-order valence-corrected chi connectivity index (χ0v) is 18.9. The fourth-order valence-electron chi connectivity index (χ4n) is 4.42. The molecule has 4 rings (SSSR count). The minimum absolute atomic E-state index is 0.116. The van der Waals surface area contributed by atoms with Crippen LogP contribution in [0.2, 0.25) is 0 Å². The number of carbonyl (C=O) groups excluding carboxylic acids is 2. The van der Waals surface area contributed by atoms with Gasteiger partial charge in [-0.1, -0.05) is 24.6 Å². The van der Waals surface area contributed by atoms with Crippen LogP contribution in [0.25, 0.3) is 0 Å². The second-order valence-electron chi connectivity index (χ2n) is 8.93. The summed E-state index contributed by atoms with van der Waals surface area (Å²) >= 11 is 0. The SMILES string of the molecule is CC1=NN(c2ccc(OC3CCCCC3)cc2)C(=O)C1C(=O)Cc1cccc(C(C)(F)F)c1. The lowest BCUT2D eigenvalue weighted by molar-refractivity contribution is -0.128. The lowest BCUT2D eigenvalue weighted by Crippen LogP contribution is -2.33. The van der Waals surface area contributed by atoms with Crippen molar-refractivity contribution in [2.45, 2.75) is 64.4 Å². The maximum absolute atomic E-state index is 13.6. The van der Waals surface area contributed by atoms with Gasteiger partial charge in [-0.3, -0.25) is 9.59 Å². The number of anilines is 1. The normalized spacial score (nSPS) is 19.5. The molecule has 0 aromatic heterocycles. The standard InChI is InChI=1S/C26H28F2N2O3/c1-17-24(23(31)16-18-7-6-8-19(15-18)26(2,27)28)25(32)30(29-17)20-11-13-22(14-12-20)33-21-9-4-3-5-10-21/h6-8,11-15,21,24H,3-5,9-10,16H2,1-2H3. The van der Waals surface area contributed by atoms with Crippen LogP contribution in [0.15, 0.2) is 53.6 Å². The van der Waals surface area contributed by atoms with Gasteiger partial charge >= 0.3 is 0 Å². The molecule has 1 unspecified atom stereocenters. The molecule has 1 fully saturated rings. The number of Topliss-reactive ketones (excluding diaryl/α,β-unsaturated/α-hetero) is 1. The maximum Gasteiger partial charge on any atom is 0.270 e. The first-order valence-electron chi connectivity index (χ1n) is 11.4.